The second-order valence-electron chi connectivity index (χ2n) is 6.72. The summed E-state index contributed by atoms with van der Waals surface area (Å²) >= 11 is 1.43. The molecule has 1 aromatic carbocycles. The van der Waals surface area contributed by atoms with Gasteiger partial charge in [-0.15, -0.1) is 11.3 Å². The molecule has 160 valence electrons. The van der Waals surface area contributed by atoms with Crippen molar-refractivity contribution in [3.05, 3.63) is 45.8 Å². The van der Waals surface area contributed by atoms with Gasteiger partial charge in [-0.1, -0.05) is 6.07 Å². The largest absolute Gasteiger partial charge is 0.484 e. The highest BCUT2D eigenvalue weighted by molar-refractivity contribution is 7.17. The number of carbonyl (C=O) groups is 3. The number of ether oxygens (including phenoxy) is 3. The highest BCUT2D eigenvalue weighted by atomic mass is 32.1. The summed E-state index contributed by atoms with van der Waals surface area (Å²) in [5.74, 6) is -0.863. The molecule has 1 aliphatic rings. The molecule has 1 N–H and O–H groups in total. The molecule has 7 nitrogen and oxygen atoms in total. The Kier molecular flexibility index (Phi) is 7.46. The Bertz CT molecular complexity index is 936. The van der Waals surface area contributed by atoms with Crippen molar-refractivity contribution in [3.63, 3.8) is 0 Å². The Morgan fingerprint density at radius 3 is 2.53 bits per heavy atom. The Morgan fingerprint density at radius 1 is 1.03 bits per heavy atom. The van der Waals surface area contributed by atoms with Crippen LogP contribution in [0.1, 0.15) is 57.8 Å². The molecule has 1 heterocycles. The van der Waals surface area contributed by atoms with Crippen molar-refractivity contribution in [2.75, 3.05) is 25.1 Å². The summed E-state index contributed by atoms with van der Waals surface area (Å²) in [6.07, 6.45) is 3.80. The van der Waals surface area contributed by atoms with Crippen LogP contribution >= 0.6 is 11.3 Å². The number of anilines is 1. The highest BCUT2D eigenvalue weighted by Crippen LogP contribution is 2.38. The maximum absolute atomic E-state index is 12.5. The van der Waals surface area contributed by atoms with Gasteiger partial charge in [0.1, 0.15) is 10.8 Å². The number of thiophene rings is 1. The number of benzene rings is 1. The van der Waals surface area contributed by atoms with Gasteiger partial charge in [0.15, 0.2) is 6.61 Å². The summed E-state index contributed by atoms with van der Waals surface area (Å²) in [5.41, 5.74) is 1.81. The van der Waals surface area contributed by atoms with Gasteiger partial charge in [0, 0.05) is 4.88 Å². The van der Waals surface area contributed by atoms with E-state index in [1.165, 1.54) is 17.4 Å². The van der Waals surface area contributed by atoms with Gasteiger partial charge in [0.05, 0.1) is 24.3 Å². The van der Waals surface area contributed by atoms with Crippen molar-refractivity contribution in [2.24, 2.45) is 0 Å². The van der Waals surface area contributed by atoms with E-state index >= 15 is 0 Å². The lowest BCUT2D eigenvalue weighted by Gasteiger charge is -2.12. The van der Waals surface area contributed by atoms with Crippen LogP contribution in [0, 0.1) is 0 Å². The number of nitrogens with one attached hydrogen (secondary N) is 1. The van der Waals surface area contributed by atoms with Crippen LogP contribution in [0.2, 0.25) is 0 Å². The predicted octanol–water partition coefficient (Wildman–Crippen LogP) is 4.00. The molecule has 1 aliphatic carbocycles. The Balaban J connectivity index is 1.68. The van der Waals surface area contributed by atoms with E-state index in [4.69, 9.17) is 14.2 Å². The first-order valence-electron chi connectivity index (χ1n) is 10.0. The molecule has 0 saturated heterocycles. The third-order valence-electron chi connectivity index (χ3n) is 4.62. The minimum atomic E-state index is -0.448. The minimum absolute atomic E-state index is 0.253. The fourth-order valence-electron chi connectivity index (χ4n) is 3.31. The summed E-state index contributed by atoms with van der Waals surface area (Å²) in [7, 11) is 0. The van der Waals surface area contributed by atoms with Crippen molar-refractivity contribution in [1.29, 1.82) is 0 Å². The van der Waals surface area contributed by atoms with E-state index in [9.17, 15) is 14.4 Å². The molecule has 0 atom stereocenters. The van der Waals surface area contributed by atoms with E-state index in [0.717, 1.165) is 36.1 Å². The molecule has 0 fully saturated rings. The van der Waals surface area contributed by atoms with Crippen LogP contribution in [-0.4, -0.2) is 37.7 Å². The van der Waals surface area contributed by atoms with Gasteiger partial charge < -0.3 is 19.5 Å². The van der Waals surface area contributed by atoms with Crippen molar-refractivity contribution in [3.8, 4) is 5.75 Å². The number of hydrogen-bond donors (Lipinski definition) is 1. The molecule has 1 amide bonds. The van der Waals surface area contributed by atoms with Gasteiger partial charge in [-0.3, -0.25) is 4.79 Å². The number of rotatable bonds is 8. The maximum Gasteiger partial charge on any atom is 0.341 e. The Hall–Kier alpha value is -2.87. The number of hydrogen-bond acceptors (Lipinski definition) is 7. The summed E-state index contributed by atoms with van der Waals surface area (Å²) < 4.78 is 15.7. The third-order valence-corrected chi connectivity index (χ3v) is 5.83. The fraction of sp³-hybridized carbons (Fsp3) is 0.409. The van der Waals surface area contributed by atoms with Crippen LogP contribution in [0.25, 0.3) is 0 Å². The predicted molar refractivity (Wildman–Crippen MR) is 113 cm³/mol. The zero-order chi connectivity index (χ0) is 21.5. The van der Waals surface area contributed by atoms with Crippen molar-refractivity contribution in [2.45, 2.75) is 39.5 Å². The third kappa shape index (κ3) is 5.18. The molecule has 8 heteroatoms. The molecule has 1 aromatic heterocycles. The number of aryl methyl sites for hydroxylation is 1. The second-order valence-corrected chi connectivity index (χ2v) is 7.83. The van der Waals surface area contributed by atoms with E-state index in [-0.39, 0.29) is 25.7 Å². The second kappa shape index (κ2) is 10.2. The van der Waals surface area contributed by atoms with Gasteiger partial charge in [-0.05, 0) is 63.3 Å². The average molecular weight is 432 g/mol. The van der Waals surface area contributed by atoms with E-state index in [2.05, 4.69) is 5.32 Å². The summed E-state index contributed by atoms with van der Waals surface area (Å²) in [6.45, 7) is 3.79. The molecule has 0 radical (unpaired) electrons. The molecule has 0 spiro atoms. The number of amides is 1. The van der Waals surface area contributed by atoms with Crippen LogP contribution in [0.5, 0.6) is 5.75 Å². The van der Waals surface area contributed by atoms with Gasteiger partial charge in [0.25, 0.3) is 5.91 Å². The first-order chi connectivity index (χ1) is 14.5. The van der Waals surface area contributed by atoms with E-state index in [1.54, 1.807) is 32.0 Å². The molecule has 30 heavy (non-hydrogen) atoms. The molecular formula is C22H25NO6S. The van der Waals surface area contributed by atoms with Crippen molar-refractivity contribution >= 4 is 34.2 Å². The summed E-state index contributed by atoms with van der Waals surface area (Å²) in [5, 5.41) is 3.31. The van der Waals surface area contributed by atoms with Crippen molar-refractivity contribution < 1.29 is 28.6 Å². The average Bonchev–Trinajstić information content (AvgIpc) is 3.10. The molecule has 2 aromatic rings. The lowest BCUT2D eigenvalue weighted by molar-refractivity contribution is -0.118. The van der Waals surface area contributed by atoms with E-state index in [0.29, 0.717) is 21.9 Å². The van der Waals surface area contributed by atoms with Gasteiger partial charge in [-0.2, -0.15) is 0 Å². The normalized spacial score (nSPS) is 12.6. The first-order valence-corrected chi connectivity index (χ1v) is 10.9. The van der Waals surface area contributed by atoms with Crippen LogP contribution in [0.3, 0.4) is 0 Å². The highest BCUT2D eigenvalue weighted by Gasteiger charge is 2.27. The number of carbonyl (C=O) groups excluding carboxylic acids is 3. The quantitative estimate of drug-likeness (QED) is 0.636. The monoisotopic (exact) mass is 431 g/mol. The smallest absolute Gasteiger partial charge is 0.341 e. The zero-order valence-electron chi connectivity index (χ0n) is 17.1. The minimum Gasteiger partial charge on any atom is -0.484 e. The SMILES string of the molecule is CCOC(=O)c1cccc(OCC(=O)Nc2sc3c(c2C(=O)OCC)CCCC3)c1. The molecular weight excluding hydrogens is 406 g/mol. The van der Waals surface area contributed by atoms with Crippen LogP contribution < -0.4 is 10.1 Å². The molecule has 0 bridgehead atoms. The van der Waals surface area contributed by atoms with Crippen LogP contribution in [0.15, 0.2) is 24.3 Å². The lowest BCUT2D eigenvalue weighted by atomic mass is 9.95. The zero-order valence-corrected chi connectivity index (χ0v) is 17.9. The molecule has 3 rings (SSSR count). The van der Waals surface area contributed by atoms with Crippen molar-refractivity contribution in [1.82, 2.24) is 0 Å². The molecule has 0 unspecified atom stereocenters. The van der Waals surface area contributed by atoms with E-state index in [1.807, 2.05) is 0 Å². The molecule has 0 saturated carbocycles. The van der Waals surface area contributed by atoms with E-state index < -0.39 is 11.9 Å². The number of esters is 2. The summed E-state index contributed by atoms with van der Waals surface area (Å²) in [6, 6.07) is 6.46. The number of fused-ring (bicyclic) bond motifs is 1. The maximum atomic E-state index is 12.5. The van der Waals surface area contributed by atoms with Gasteiger partial charge in [0.2, 0.25) is 0 Å². The molecule has 0 aliphatic heterocycles. The first kappa shape index (κ1) is 21.8. The van der Waals surface area contributed by atoms with Crippen LogP contribution in [-0.2, 0) is 27.1 Å². The van der Waals surface area contributed by atoms with Crippen LogP contribution in [0.4, 0.5) is 5.00 Å². The summed E-state index contributed by atoms with van der Waals surface area (Å²) in [4.78, 5) is 37.9. The fourth-order valence-corrected chi connectivity index (χ4v) is 4.61. The standard InChI is InChI=1S/C22H25NO6S/c1-3-27-21(25)14-8-7-9-15(12-14)29-13-18(24)23-20-19(22(26)28-4-2)16-10-5-6-11-17(16)30-20/h7-9,12H,3-6,10-11,13H2,1-2H3,(H,23,24). The van der Waals surface area contributed by atoms with Gasteiger partial charge >= 0.3 is 11.9 Å². The Morgan fingerprint density at radius 2 is 1.77 bits per heavy atom. The topological polar surface area (TPSA) is 90.9 Å². The Labute approximate surface area is 179 Å². The van der Waals surface area contributed by atoms with Gasteiger partial charge in [-0.25, -0.2) is 9.59 Å². The lowest BCUT2D eigenvalue weighted by Crippen LogP contribution is -2.21.